The van der Waals surface area contributed by atoms with Crippen LogP contribution in [-0.2, 0) is 9.53 Å². The molecule has 2 heteroatoms. The number of hydrogen-bond donors (Lipinski definition) is 0. The van der Waals surface area contributed by atoms with Crippen molar-refractivity contribution < 1.29 is 9.53 Å². The van der Waals surface area contributed by atoms with Gasteiger partial charge >= 0.3 is 5.97 Å². The summed E-state index contributed by atoms with van der Waals surface area (Å²) in [6, 6.07) is 0. The van der Waals surface area contributed by atoms with Crippen LogP contribution in [0, 0.1) is 0 Å². The van der Waals surface area contributed by atoms with Crippen molar-refractivity contribution in [1.82, 2.24) is 0 Å². The van der Waals surface area contributed by atoms with Gasteiger partial charge < -0.3 is 4.74 Å². The molecule has 0 aliphatic heterocycles. The highest BCUT2D eigenvalue weighted by Crippen LogP contribution is 1.93. The topological polar surface area (TPSA) is 26.3 Å². The van der Waals surface area contributed by atoms with Crippen molar-refractivity contribution in [3.8, 4) is 0 Å². The second-order valence-corrected chi connectivity index (χ2v) is 2.74. The van der Waals surface area contributed by atoms with Gasteiger partial charge in [-0.3, -0.25) is 0 Å². The SMILES string of the molecule is CCCCOC(=O)C=C(C)C. The minimum absolute atomic E-state index is 0.224. The molecule has 0 aliphatic rings. The molecule has 0 unspecified atom stereocenters. The Balaban J connectivity index is 3.46. The Morgan fingerprint density at radius 1 is 1.45 bits per heavy atom. The van der Waals surface area contributed by atoms with Gasteiger partial charge in [0.25, 0.3) is 0 Å². The molecule has 0 fully saturated rings. The fraction of sp³-hybridized carbons (Fsp3) is 0.667. The number of hydrogen-bond acceptors (Lipinski definition) is 2. The smallest absolute Gasteiger partial charge is 0.330 e. The fourth-order valence-electron chi connectivity index (χ4n) is 0.594. The minimum Gasteiger partial charge on any atom is -0.463 e. The fourth-order valence-corrected chi connectivity index (χ4v) is 0.594. The van der Waals surface area contributed by atoms with Crippen LogP contribution in [-0.4, -0.2) is 12.6 Å². The molecule has 0 aromatic heterocycles. The van der Waals surface area contributed by atoms with Gasteiger partial charge in [0, 0.05) is 6.08 Å². The molecule has 0 saturated heterocycles. The second-order valence-electron chi connectivity index (χ2n) is 2.74. The number of rotatable bonds is 4. The van der Waals surface area contributed by atoms with Crippen molar-refractivity contribution in [2.75, 3.05) is 6.61 Å². The molecule has 0 heterocycles. The van der Waals surface area contributed by atoms with Crippen LogP contribution in [0.1, 0.15) is 33.6 Å². The monoisotopic (exact) mass is 156 g/mol. The lowest BCUT2D eigenvalue weighted by Gasteiger charge is -1.99. The quantitative estimate of drug-likeness (QED) is 0.354. The van der Waals surface area contributed by atoms with Crippen LogP contribution in [0.4, 0.5) is 0 Å². The number of carbonyl (C=O) groups excluding carboxylic acids is 1. The van der Waals surface area contributed by atoms with Crippen LogP contribution in [0.3, 0.4) is 0 Å². The Hall–Kier alpha value is -0.790. The van der Waals surface area contributed by atoms with Gasteiger partial charge in [0.05, 0.1) is 6.61 Å². The van der Waals surface area contributed by atoms with Crippen molar-refractivity contribution in [3.05, 3.63) is 11.6 Å². The third-order valence-electron chi connectivity index (χ3n) is 1.15. The molecule has 0 spiro atoms. The van der Waals surface area contributed by atoms with E-state index in [0.29, 0.717) is 6.61 Å². The molecule has 0 aromatic rings. The Morgan fingerprint density at radius 2 is 2.09 bits per heavy atom. The van der Waals surface area contributed by atoms with Crippen LogP contribution in [0.2, 0.25) is 0 Å². The zero-order valence-corrected chi connectivity index (χ0v) is 7.52. The van der Waals surface area contributed by atoms with E-state index in [0.717, 1.165) is 18.4 Å². The lowest BCUT2D eigenvalue weighted by Crippen LogP contribution is -2.02. The van der Waals surface area contributed by atoms with E-state index in [-0.39, 0.29) is 5.97 Å². The normalized spacial score (nSPS) is 9.00. The van der Waals surface area contributed by atoms with Gasteiger partial charge in [-0.1, -0.05) is 18.9 Å². The standard InChI is InChI=1S/C9H16O2/c1-4-5-6-11-9(10)7-8(2)3/h7H,4-6H2,1-3H3. The summed E-state index contributed by atoms with van der Waals surface area (Å²) < 4.78 is 4.88. The minimum atomic E-state index is -0.224. The zero-order chi connectivity index (χ0) is 8.69. The highest BCUT2D eigenvalue weighted by Gasteiger charge is 1.95. The van der Waals surface area contributed by atoms with Gasteiger partial charge in [0.15, 0.2) is 0 Å². The van der Waals surface area contributed by atoms with Crippen molar-refractivity contribution in [1.29, 1.82) is 0 Å². The predicted octanol–water partition coefficient (Wildman–Crippen LogP) is 2.30. The van der Waals surface area contributed by atoms with Crippen LogP contribution in [0.15, 0.2) is 11.6 Å². The first-order valence-corrected chi connectivity index (χ1v) is 3.98. The number of ether oxygens (including phenoxy) is 1. The van der Waals surface area contributed by atoms with Gasteiger partial charge in [0.2, 0.25) is 0 Å². The molecule has 0 radical (unpaired) electrons. The zero-order valence-electron chi connectivity index (χ0n) is 7.52. The van der Waals surface area contributed by atoms with Crippen molar-refractivity contribution in [2.45, 2.75) is 33.6 Å². The molecule has 0 saturated carbocycles. The number of esters is 1. The Bertz CT molecular complexity index is 144. The third-order valence-corrected chi connectivity index (χ3v) is 1.15. The molecule has 0 N–H and O–H groups in total. The molecule has 0 aromatic carbocycles. The molecule has 11 heavy (non-hydrogen) atoms. The Morgan fingerprint density at radius 3 is 2.55 bits per heavy atom. The number of unbranched alkanes of at least 4 members (excludes halogenated alkanes) is 1. The van der Waals surface area contributed by atoms with Crippen LogP contribution >= 0.6 is 0 Å². The largest absolute Gasteiger partial charge is 0.463 e. The van der Waals surface area contributed by atoms with E-state index in [2.05, 4.69) is 6.92 Å². The van der Waals surface area contributed by atoms with Gasteiger partial charge in [-0.25, -0.2) is 4.79 Å². The summed E-state index contributed by atoms with van der Waals surface area (Å²) in [5.41, 5.74) is 0.978. The molecule has 0 aliphatic carbocycles. The molecule has 0 bridgehead atoms. The first kappa shape index (κ1) is 10.2. The van der Waals surface area contributed by atoms with E-state index < -0.39 is 0 Å². The third kappa shape index (κ3) is 7.10. The Kier molecular flexibility index (Phi) is 5.53. The summed E-state index contributed by atoms with van der Waals surface area (Å²) in [5.74, 6) is -0.224. The van der Waals surface area contributed by atoms with Gasteiger partial charge in [-0.05, 0) is 20.3 Å². The van der Waals surface area contributed by atoms with Crippen molar-refractivity contribution in [2.24, 2.45) is 0 Å². The lowest BCUT2D eigenvalue weighted by atomic mass is 10.3. The maximum absolute atomic E-state index is 10.8. The summed E-state index contributed by atoms with van der Waals surface area (Å²) in [7, 11) is 0. The summed E-state index contributed by atoms with van der Waals surface area (Å²) in [5, 5.41) is 0. The van der Waals surface area contributed by atoms with E-state index in [4.69, 9.17) is 4.74 Å². The Labute approximate surface area is 68.2 Å². The second kappa shape index (κ2) is 5.96. The van der Waals surface area contributed by atoms with Crippen LogP contribution in [0.25, 0.3) is 0 Å². The molecule has 2 nitrogen and oxygen atoms in total. The summed E-state index contributed by atoms with van der Waals surface area (Å²) in [6.45, 7) is 6.36. The number of carbonyl (C=O) groups is 1. The lowest BCUT2D eigenvalue weighted by molar-refractivity contribution is -0.137. The molecule has 0 atom stereocenters. The van der Waals surface area contributed by atoms with E-state index in [1.54, 1.807) is 0 Å². The summed E-state index contributed by atoms with van der Waals surface area (Å²) in [6.07, 6.45) is 3.51. The molecule has 0 amide bonds. The van der Waals surface area contributed by atoms with Gasteiger partial charge in [-0.2, -0.15) is 0 Å². The summed E-state index contributed by atoms with van der Waals surface area (Å²) >= 11 is 0. The maximum Gasteiger partial charge on any atom is 0.330 e. The van der Waals surface area contributed by atoms with E-state index in [9.17, 15) is 4.79 Å². The predicted molar refractivity (Wildman–Crippen MR) is 45.3 cm³/mol. The highest BCUT2D eigenvalue weighted by molar-refractivity contribution is 5.82. The van der Waals surface area contributed by atoms with Crippen molar-refractivity contribution >= 4 is 5.97 Å². The number of allylic oxidation sites excluding steroid dienone is 1. The summed E-state index contributed by atoms with van der Waals surface area (Å²) in [4.78, 5) is 10.8. The average Bonchev–Trinajstić information content (AvgIpc) is 1.86. The van der Waals surface area contributed by atoms with E-state index in [1.807, 2.05) is 13.8 Å². The van der Waals surface area contributed by atoms with E-state index >= 15 is 0 Å². The molecule has 64 valence electrons. The maximum atomic E-state index is 10.8. The molecular formula is C9H16O2. The first-order valence-electron chi connectivity index (χ1n) is 3.98. The average molecular weight is 156 g/mol. The molecular weight excluding hydrogens is 140 g/mol. The van der Waals surface area contributed by atoms with Crippen LogP contribution < -0.4 is 0 Å². The van der Waals surface area contributed by atoms with Crippen LogP contribution in [0.5, 0.6) is 0 Å². The van der Waals surface area contributed by atoms with Gasteiger partial charge in [0.1, 0.15) is 0 Å². The van der Waals surface area contributed by atoms with Gasteiger partial charge in [-0.15, -0.1) is 0 Å². The highest BCUT2D eigenvalue weighted by atomic mass is 16.5. The molecule has 0 rings (SSSR count). The first-order chi connectivity index (χ1) is 5.16. The van der Waals surface area contributed by atoms with Crippen molar-refractivity contribution in [3.63, 3.8) is 0 Å². The van der Waals surface area contributed by atoms with E-state index in [1.165, 1.54) is 6.08 Å².